The average molecular weight is 336 g/mol. The average Bonchev–Trinajstić information content (AvgIpc) is 3.31. The molecule has 0 radical (unpaired) electrons. The molecule has 7 heteroatoms. The molecule has 1 atom stereocenters. The number of carbonyl (C=O) groups is 1. The molecule has 4 rings (SSSR count). The van der Waals surface area contributed by atoms with Gasteiger partial charge in [-0.3, -0.25) is 4.79 Å². The number of aryl methyl sites for hydroxylation is 1. The molecule has 0 spiro atoms. The van der Waals surface area contributed by atoms with Crippen molar-refractivity contribution in [3.63, 3.8) is 0 Å². The van der Waals surface area contributed by atoms with Crippen molar-refractivity contribution in [2.75, 3.05) is 6.54 Å². The smallest absolute Gasteiger partial charge is 0.274 e. The number of aromatic amines is 1. The molecule has 1 fully saturated rings. The summed E-state index contributed by atoms with van der Waals surface area (Å²) < 4.78 is 1.52. The van der Waals surface area contributed by atoms with E-state index in [-0.39, 0.29) is 11.9 Å². The third kappa shape index (κ3) is 2.93. The highest BCUT2D eigenvalue weighted by atomic mass is 16.2. The van der Waals surface area contributed by atoms with Crippen LogP contribution in [0.5, 0.6) is 0 Å². The number of H-pyrrole nitrogens is 1. The maximum absolute atomic E-state index is 12.9. The molecule has 25 heavy (non-hydrogen) atoms. The molecule has 1 aromatic carbocycles. The van der Waals surface area contributed by atoms with E-state index in [1.54, 1.807) is 7.05 Å². The SMILES string of the molecule is Cn1nncc1C(=O)N1CCCC[C@H]1c1ncc(-c2ccccc2)[nH]1. The molecule has 7 nitrogen and oxygen atoms in total. The Labute approximate surface area is 145 Å². The predicted octanol–water partition coefficient (Wildman–Crippen LogP) is 2.57. The van der Waals surface area contributed by atoms with E-state index in [4.69, 9.17) is 0 Å². The molecule has 3 aromatic rings. The van der Waals surface area contributed by atoms with Gasteiger partial charge in [0.2, 0.25) is 0 Å². The van der Waals surface area contributed by atoms with Crippen molar-refractivity contribution in [2.24, 2.45) is 7.05 Å². The number of piperidine rings is 1. The number of rotatable bonds is 3. The maximum Gasteiger partial charge on any atom is 0.274 e. The Balaban J connectivity index is 1.63. The number of nitrogens with zero attached hydrogens (tertiary/aromatic N) is 5. The molecule has 1 amide bonds. The fourth-order valence-electron chi connectivity index (χ4n) is 3.36. The number of amides is 1. The minimum absolute atomic E-state index is 0.0464. The summed E-state index contributed by atoms with van der Waals surface area (Å²) in [7, 11) is 1.74. The van der Waals surface area contributed by atoms with Crippen molar-refractivity contribution in [1.82, 2.24) is 29.9 Å². The molecule has 0 unspecified atom stereocenters. The zero-order valence-corrected chi connectivity index (χ0v) is 14.1. The van der Waals surface area contributed by atoms with Crippen molar-refractivity contribution in [1.29, 1.82) is 0 Å². The number of hydrogen-bond acceptors (Lipinski definition) is 4. The molecule has 0 saturated carbocycles. The zero-order valence-electron chi connectivity index (χ0n) is 14.1. The second-order valence-electron chi connectivity index (χ2n) is 6.30. The zero-order chi connectivity index (χ0) is 17.2. The van der Waals surface area contributed by atoms with E-state index in [0.717, 1.165) is 42.9 Å². The van der Waals surface area contributed by atoms with Gasteiger partial charge in [0.1, 0.15) is 11.5 Å². The molecular weight excluding hydrogens is 316 g/mol. The summed E-state index contributed by atoms with van der Waals surface area (Å²) in [6.45, 7) is 0.718. The van der Waals surface area contributed by atoms with Crippen LogP contribution < -0.4 is 0 Å². The van der Waals surface area contributed by atoms with Gasteiger partial charge >= 0.3 is 0 Å². The first-order valence-corrected chi connectivity index (χ1v) is 8.50. The van der Waals surface area contributed by atoms with Gasteiger partial charge in [0.15, 0.2) is 0 Å². The summed E-state index contributed by atoms with van der Waals surface area (Å²) >= 11 is 0. The summed E-state index contributed by atoms with van der Waals surface area (Å²) in [4.78, 5) is 22.8. The monoisotopic (exact) mass is 336 g/mol. The lowest BCUT2D eigenvalue weighted by Gasteiger charge is -2.34. The highest BCUT2D eigenvalue weighted by molar-refractivity contribution is 5.92. The first-order valence-electron chi connectivity index (χ1n) is 8.50. The molecule has 1 saturated heterocycles. The molecule has 128 valence electrons. The Morgan fingerprint density at radius 1 is 1.20 bits per heavy atom. The Morgan fingerprint density at radius 3 is 2.80 bits per heavy atom. The van der Waals surface area contributed by atoms with Crippen molar-refractivity contribution in [3.8, 4) is 11.3 Å². The number of carbonyl (C=O) groups excluding carboxylic acids is 1. The molecule has 2 aromatic heterocycles. The normalized spacial score (nSPS) is 17.6. The minimum Gasteiger partial charge on any atom is -0.340 e. The van der Waals surface area contributed by atoms with Crippen LogP contribution in [-0.2, 0) is 7.05 Å². The van der Waals surface area contributed by atoms with Crippen LogP contribution in [0.15, 0.2) is 42.7 Å². The molecule has 1 aliphatic heterocycles. The van der Waals surface area contributed by atoms with Crippen LogP contribution in [0, 0.1) is 0 Å². The molecule has 0 aliphatic carbocycles. The summed E-state index contributed by atoms with van der Waals surface area (Å²) in [5.41, 5.74) is 2.56. The Morgan fingerprint density at radius 2 is 2.04 bits per heavy atom. The fourth-order valence-corrected chi connectivity index (χ4v) is 3.36. The first-order chi connectivity index (χ1) is 12.2. The molecule has 0 bridgehead atoms. The Hall–Kier alpha value is -2.96. The van der Waals surface area contributed by atoms with E-state index in [1.165, 1.54) is 10.9 Å². The van der Waals surface area contributed by atoms with Gasteiger partial charge in [0.25, 0.3) is 5.91 Å². The van der Waals surface area contributed by atoms with Gasteiger partial charge in [-0.05, 0) is 24.8 Å². The fraction of sp³-hybridized carbons (Fsp3) is 0.333. The van der Waals surface area contributed by atoms with Gasteiger partial charge in [-0.15, -0.1) is 5.10 Å². The summed E-state index contributed by atoms with van der Waals surface area (Å²) in [6, 6.07) is 10.0. The van der Waals surface area contributed by atoms with E-state index in [9.17, 15) is 4.79 Å². The minimum atomic E-state index is -0.0476. The number of benzene rings is 1. The van der Waals surface area contributed by atoms with E-state index in [0.29, 0.717) is 5.69 Å². The quantitative estimate of drug-likeness (QED) is 0.797. The molecule has 1 aliphatic rings. The number of imidazole rings is 1. The third-order valence-electron chi connectivity index (χ3n) is 4.69. The van der Waals surface area contributed by atoms with Crippen LogP contribution in [0.1, 0.15) is 41.6 Å². The van der Waals surface area contributed by atoms with E-state index in [2.05, 4.69) is 20.3 Å². The van der Waals surface area contributed by atoms with E-state index >= 15 is 0 Å². The van der Waals surface area contributed by atoms with E-state index < -0.39 is 0 Å². The van der Waals surface area contributed by atoms with Gasteiger partial charge in [-0.1, -0.05) is 35.5 Å². The van der Waals surface area contributed by atoms with Crippen LogP contribution in [0.2, 0.25) is 0 Å². The lowest BCUT2D eigenvalue weighted by atomic mass is 10.0. The van der Waals surface area contributed by atoms with Crippen LogP contribution in [-0.4, -0.2) is 42.3 Å². The van der Waals surface area contributed by atoms with Crippen LogP contribution in [0.3, 0.4) is 0 Å². The van der Waals surface area contributed by atoms with Gasteiger partial charge < -0.3 is 9.88 Å². The predicted molar refractivity (Wildman–Crippen MR) is 92.7 cm³/mol. The van der Waals surface area contributed by atoms with Crippen molar-refractivity contribution in [3.05, 3.63) is 54.2 Å². The lowest BCUT2D eigenvalue weighted by molar-refractivity contribution is 0.0589. The molecule has 3 heterocycles. The largest absolute Gasteiger partial charge is 0.340 e. The third-order valence-corrected chi connectivity index (χ3v) is 4.69. The van der Waals surface area contributed by atoms with Gasteiger partial charge in [0.05, 0.1) is 24.1 Å². The molecular formula is C18H20N6O. The van der Waals surface area contributed by atoms with Gasteiger partial charge in [0, 0.05) is 13.6 Å². The number of hydrogen-bond donors (Lipinski definition) is 1. The summed E-state index contributed by atoms with van der Waals surface area (Å²) in [6.07, 6.45) is 6.34. The summed E-state index contributed by atoms with van der Waals surface area (Å²) in [5, 5.41) is 7.69. The van der Waals surface area contributed by atoms with Gasteiger partial charge in [-0.25, -0.2) is 9.67 Å². The standard InChI is InChI=1S/C18H20N6O/c1-23-16(12-20-22-23)18(25)24-10-6-5-9-15(24)17-19-11-14(21-17)13-7-3-2-4-8-13/h2-4,7-8,11-12,15H,5-6,9-10H2,1H3,(H,19,21)/t15-/m0/s1. The van der Waals surface area contributed by atoms with E-state index in [1.807, 2.05) is 41.4 Å². The molecule has 1 N–H and O–H groups in total. The second-order valence-corrected chi connectivity index (χ2v) is 6.30. The highest BCUT2D eigenvalue weighted by Crippen LogP contribution is 2.31. The van der Waals surface area contributed by atoms with Crippen LogP contribution in [0.4, 0.5) is 0 Å². The second kappa shape index (κ2) is 6.51. The summed E-state index contributed by atoms with van der Waals surface area (Å²) in [5.74, 6) is 0.789. The maximum atomic E-state index is 12.9. The van der Waals surface area contributed by atoms with Crippen molar-refractivity contribution < 1.29 is 4.79 Å². The lowest BCUT2D eigenvalue weighted by Crippen LogP contribution is -2.39. The van der Waals surface area contributed by atoms with Crippen LogP contribution >= 0.6 is 0 Å². The Kier molecular flexibility index (Phi) is 4.05. The highest BCUT2D eigenvalue weighted by Gasteiger charge is 2.32. The first kappa shape index (κ1) is 15.6. The topological polar surface area (TPSA) is 79.7 Å². The van der Waals surface area contributed by atoms with Crippen molar-refractivity contribution in [2.45, 2.75) is 25.3 Å². The number of likely N-dealkylation sites (tertiary alicyclic amines) is 1. The number of aromatic nitrogens is 5. The van der Waals surface area contributed by atoms with Gasteiger partial charge in [-0.2, -0.15) is 0 Å². The Bertz CT molecular complexity index is 869. The van der Waals surface area contributed by atoms with Crippen molar-refractivity contribution >= 4 is 5.91 Å². The number of nitrogens with one attached hydrogen (secondary N) is 1. The van der Waals surface area contributed by atoms with Crippen LogP contribution in [0.25, 0.3) is 11.3 Å².